The first-order valence-corrected chi connectivity index (χ1v) is 8.18. The largest absolute Gasteiger partial charge is 0.355 e. The molecule has 0 saturated carbocycles. The summed E-state index contributed by atoms with van der Waals surface area (Å²) in [6.07, 6.45) is 1.71. The minimum absolute atomic E-state index is 0.450. The third-order valence-corrected chi connectivity index (χ3v) is 4.31. The molecule has 0 fully saturated rings. The van der Waals surface area contributed by atoms with Crippen molar-refractivity contribution < 1.29 is 0 Å². The Hall–Kier alpha value is -2.30. The molecular formula is C18H16Cl2N4. The number of benzene rings is 2. The first-order chi connectivity index (χ1) is 11.6. The smallest absolute Gasteiger partial charge is 0.229 e. The molecule has 0 atom stereocenters. The molecule has 3 rings (SSSR count). The van der Waals surface area contributed by atoms with E-state index < -0.39 is 0 Å². The second-order valence-electron chi connectivity index (χ2n) is 5.31. The fourth-order valence-corrected chi connectivity index (χ4v) is 2.63. The van der Waals surface area contributed by atoms with Gasteiger partial charge in [-0.3, -0.25) is 0 Å². The van der Waals surface area contributed by atoms with Crippen molar-refractivity contribution in [3.8, 4) is 0 Å². The number of halogens is 2. The number of rotatable bonds is 5. The van der Waals surface area contributed by atoms with E-state index in [9.17, 15) is 0 Å². The lowest BCUT2D eigenvalue weighted by Gasteiger charge is -2.19. The topological polar surface area (TPSA) is 41.1 Å². The van der Waals surface area contributed by atoms with Crippen LogP contribution in [-0.2, 0) is 6.54 Å². The monoisotopic (exact) mass is 358 g/mol. The maximum atomic E-state index is 6.19. The van der Waals surface area contributed by atoms with Gasteiger partial charge in [-0.2, -0.15) is 4.98 Å². The van der Waals surface area contributed by atoms with E-state index in [2.05, 4.69) is 32.3 Å². The van der Waals surface area contributed by atoms with Gasteiger partial charge in [0.05, 0.1) is 15.7 Å². The van der Waals surface area contributed by atoms with Gasteiger partial charge in [0.2, 0.25) is 5.95 Å². The number of nitrogens with one attached hydrogen (secondary N) is 1. The Morgan fingerprint density at radius 1 is 1.00 bits per heavy atom. The average molecular weight is 359 g/mol. The molecule has 0 aliphatic rings. The van der Waals surface area contributed by atoms with E-state index in [0.29, 0.717) is 21.7 Å². The maximum absolute atomic E-state index is 6.19. The minimum atomic E-state index is 0.450. The van der Waals surface area contributed by atoms with E-state index in [1.165, 1.54) is 5.56 Å². The lowest BCUT2D eigenvalue weighted by Crippen LogP contribution is -2.18. The first-order valence-electron chi connectivity index (χ1n) is 7.42. The molecule has 0 amide bonds. The third-order valence-electron chi connectivity index (χ3n) is 3.49. The van der Waals surface area contributed by atoms with Crippen LogP contribution < -0.4 is 10.2 Å². The fraction of sp³-hybridized carbons (Fsp3) is 0.111. The van der Waals surface area contributed by atoms with Gasteiger partial charge in [0.15, 0.2) is 0 Å². The highest BCUT2D eigenvalue weighted by Crippen LogP contribution is 2.31. The molecule has 122 valence electrons. The number of nitrogens with zero attached hydrogens (tertiary/aromatic N) is 3. The molecule has 1 heterocycles. The van der Waals surface area contributed by atoms with Crippen molar-refractivity contribution in [3.05, 3.63) is 76.4 Å². The molecule has 1 N–H and O–H groups in total. The fourth-order valence-electron chi connectivity index (χ4n) is 2.28. The van der Waals surface area contributed by atoms with Gasteiger partial charge in [0, 0.05) is 19.8 Å². The van der Waals surface area contributed by atoms with Crippen molar-refractivity contribution in [2.24, 2.45) is 0 Å². The van der Waals surface area contributed by atoms with Gasteiger partial charge >= 0.3 is 0 Å². The van der Waals surface area contributed by atoms with Crippen molar-refractivity contribution in [1.29, 1.82) is 0 Å². The second kappa shape index (κ2) is 7.51. The Bertz CT molecular complexity index is 824. The van der Waals surface area contributed by atoms with Crippen LogP contribution in [0.5, 0.6) is 0 Å². The van der Waals surface area contributed by atoms with Gasteiger partial charge in [-0.05, 0) is 23.8 Å². The Kier molecular flexibility index (Phi) is 5.18. The predicted molar refractivity (Wildman–Crippen MR) is 100 cm³/mol. The molecule has 24 heavy (non-hydrogen) atoms. The number of anilines is 3. The van der Waals surface area contributed by atoms with E-state index in [-0.39, 0.29) is 0 Å². The Labute approximate surface area is 151 Å². The molecule has 4 nitrogen and oxygen atoms in total. The summed E-state index contributed by atoms with van der Waals surface area (Å²) in [6, 6.07) is 17.5. The van der Waals surface area contributed by atoms with Crippen LogP contribution in [0.3, 0.4) is 0 Å². The van der Waals surface area contributed by atoms with Crippen LogP contribution in [0, 0.1) is 0 Å². The Morgan fingerprint density at radius 3 is 2.58 bits per heavy atom. The van der Waals surface area contributed by atoms with Crippen LogP contribution in [0.4, 0.5) is 17.5 Å². The highest BCUT2D eigenvalue weighted by atomic mass is 35.5. The zero-order chi connectivity index (χ0) is 16.9. The van der Waals surface area contributed by atoms with Crippen LogP contribution in [0.15, 0.2) is 60.8 Å². The normalized spacial score (nSPS) is 10.5. The molecule has 0 spiro atoms. The highest BCUT2D eigenvalue weighted by molar-refractivity contribution is 6.43. The van der Waals surface area contributed by atoms with Crippen LogP contribution in [0.2, 0.25) is 10.0 Å². The third kappa shape index (κ3) is 3.96. The van der Waals surface area contributed by atoms with Gasteiger partial charge in [0.25, 0.3) is 0 Å². The summed E-state index contributed by atoms with van der Waals surface area (Å²) in [7, 11) is 1.99. The summed E-state index contributed by atoms with van der Waals surface area (Å²) >= 11 is 12.2. The quantitative estimate of drug-likeness (QED) is 0.683. The lowest BCUT2D eigenvalue weighted by atomic mass is 10.2. The predicted octanol–water partition coefficient (Wildman–Crippen LogP) is 5.16. The minimum Gasteiger partial charge on any atom is -0.355 e. The zero-order valence-corrected chi connectivity index (χ0v) is 14.6. The number of hydrogen-bond donors (Lipinski definition) is 1. The standard InChI is InChI=1S/C18H16Cl2N4/c1-24(12-13-6-3-2-4-7-13)16-10-11-21-18(23-16)22-15-9-5-8-14(19)17(15)20/h2-11H,12H2,1H3,(H,21,22,23). The van der Waals surface area contributed by atoms with E-state index in [4.69, 9.17) is 23.2 Å². The molecule has 0 unspecified atom stereocenters. The molecular weight excluding hydrogens is 343 g/mol. The lowest BCUT2D eigenvalue weighted by molar-refractivity contribution is 0.893. The summed E-state index contributed by atoms with van der Waals surface area (Å²) in [5.41, 5.74) is 1.89. The number of aromatic nitrogens is 2. The van der Waals surface area contributed by atoms with E-state index in [1.54, 1.807) is 12.3 Å². The second-order valence-corrected chi connectivity index (χ2v) is 6.09. The molecule has 6 heteroatoms. The van der Waals surface area contributed by atoms with Crippen molar-refractivity contribution in [1.82, 2.24) is 9.97 Å². The van der Waals surface area contributed by atoms with Gasteiger partial charge in [-0.25, -0.2) is 4.98 Å². The summed E-state index contributed by atoms with van der Waals surface area (Å²) in [5.74, 6) is 1.28. The summed E-state index contributed by atoms with van der Waals surface area (Å²) < 4.78 is 0. The summed E-state index contributed by atoms with van der Waals surface area (Å²) in [6.45, 7) is 0.759. The SMILES string of the molecule is CN(Cc1ccccc1)c1ccnc(Nc2cccc(Cl)c2Cl)n1. The highest BCUT2D eigenvalue weighted by Gasteiger charge is 2.08. The van der Waals surface area contributed by atoms with Crippen molar-refractivity contribution >= 4 is 40.7 Å². The van der Waals surface area contributed by atoms with Crippen molar-refractivity contribution in [2.45, 2.75) is 6.54 Å². The zero-order valence-electron chi connectivity index (χ0n) is 13.1. The van der Waals surface area contributed by atoms with Gasteiger partial charge in [0.1, 0.15) is 5.82 Å². The average Bonchev–Trinajstić information content (AvgIpc) is 2.60. The van der Waals surface area contributed by atoms with Crippen LogP contribution in [0.1, 0.15) is 5.56 Å². The molecule has 1 aromatic heterocycles. The molecule has 0 radical (unpaired) electrons. The molecule has 0 saturated heterocycles. The van der Waals surface area contributed by atoms with E-state index in [1.807, 2.05) is 43.4 Å². The molecule has 0 aliphatic heterocycles. The molecule has 0 aliphatic carbocycles. The van der Waals surface area contributed by atoms with Gasteiger partial charge in [-0.1, -0.05) is 59.6 Å². The Morgan fingerprint density at radius 2 is 1.79 bits per heavy atom. The summed E-state index contributed by atoms with van der Waals surface area (Å²) in [5, 5.41) is 4.04. The Balaban J connectivity index is 1.77. The van der Waals surface area contributed by atoms with Crippen LogP contribution in [0.25, 0.3) is 0 Å². The van der Waals surface area contributed by atoms with E-state index in [0.717, 1.165) is 12.4 Å². The van der Waals surface area contributed by atoms with Gasteiger partial charge < -0.3 is 10.2 Å². The van der Waals surface area contributed by atoms with Gasteiger partial charge in [-0.15, -0.1) is 0 Å². The molecule has 2 aromatic carbocycles. The van der Waals surface area contributed by atoms with Crippen LogP contribution in [-0.4, -0.2) is 17.0 Å². The van der Waals surface area contributed by atoms with E-state index >= 15 is 0 Å². The molecule has 0 bridgehead atoms. The number of hydrogen-bond acceptors (Lipinski definition) is 4. The first kappa shape index (κ1) is 16.6. The summed E-state index contributed by atoms with van der Waals surface area (Å²) in [4.78, 5) is 10.8. The molecule has 3 aromatic rings. The van der Waals surface area contributed by atoms with Crippen molar-refractivity contribution in [3.63, 3.8) is 0 Å². The maximum Gasteiger partial charge on any atom is 0.229 e. The van der Waals surface area contributed by atoms with Crippen LogP contribution >= 0.6 is 23.2 Å². The van der Waals surface area contributed by atoms with Crippen molar-refractivity contribution in [2.75, 3.05) is 17.3 Å².